The number of carbonyl (C=O) groups is 2. The topological polar surface area (TPSA) is 70.8 Å². The van der Waals surface area contributed by atoms with E-state index in [2.05, 4.69) is 0 Å². The Morgan fingerprint density at radius 1 is 1.14 bits per heavy atom. The lowest BCUT2D eigenvalue weighted by Gasteiger charge is -2.22. The van der Waals surface area contributed by atoms with Crippen molar-refractivity contribution in [3.8, 4) is 0 Å². The van der Waals surface area contributed by atoms with Crippen LogP contribution in [-0.4, -0.2) is 16.8 Å². The quantitative estimate of drug-likeness (QED) is 0.655. The van der Waals surface area contributed by atoms with E-state index >= 15 is 0 Å². The number of rotatable bonds is 5. The summed E-state index contributed by atoms with van der Waals surface area (Å²) in [5.74, 6) is -0.298. The summed E-state index contributed by atoms with van der Waals surface area (Å²) in [5.41, 5.74) is -0.206. The lowest BCUT2D eigenvalue weighted by Crippen LogP contribution is -2.41. The Morgan fingerprint density at radius 2 is 1.89 bits per heavy atom. The molecular formula is C22H18ClNO4. The SMILES string of the molecule is Cc1ccc(C(=O)C[C@@]2(O)C(=O)N(Cc3ccccc3)c3ccc(Cl)cc32)o1. The van der Waals surface area contributed by atoms with Crippen molar-refractivity contribution in [2.45, 2.75) is 25.5 Å². The third-order valence-corrected chi connectivity index (χ3v) is 5.14. The molecule has 0 bridgehead atoms. The summed E-state index contributed by atoms with van der Waals surface area (Å²) in [6.07, 6.45) is -0.419. The van der Waals surface area contributed by atoms with Gasteiger partial charge >= 0.3 is 0 Å². The molecule has 1 aromatic heterocycles. The van der Waals surface area contributed by atoms with Crippen molar-refractivity contribution < 1.29 is 19.1 Å². The molecule has 2 aromatic carbocycles. The van der Waals surface area contributed by atoms with Crippen LogP contribution in [0.1, 0.15) is 33.9 Å². The van der Waals surface area contributed by atoms with Gasteiger partial charge in [-0.05, 0) is 42.8 Å². The highest BCUT2D eigenvalue weighted by Gasteiger charge is 2.51. The monoisotopic (exact) mass is 395 g/mol. The van der Waals surface area contributed by atoms with Gasteiger partial charge in [-0.25, -0.2) is 0 Å². The summed E-state index contributed by atoms with van der Waals surface area (Å²) >= 11 is 6.12. The van der Waals surface area contributed by atoms with Crippen molar-refractivity contribution in [3.05, 3.63) is 88.3 Å². The molecule has 1 N–H and O–H groups in total. The molecule has 1 aliphatic heterocycles. The molecule has 28 heavy (non-hydrogen) atoms. The number of halogens is 1. The zero-order valence-corrected chi connectivity index (χ0v) is 15.9. The molecule has 1 aliphatic rings. The molecule has 0 saturated heterocycles. The number of anilines is 1. The van der Waals surface area contributed by atoms with E-state index in [1.807, 2.05) is 30.3 Å². The molecule has 0 fully saturated rings. The van der Waals surface area contributed by atoms with Crippen molar-refractivity contribution in [1.82, 2.24) is 0 Å². The van der Waals surface area contributed by atoms with Crippen molar-refractivity contribution in [1.29, 1.82) is 0 Å². The maximum Gasteiger partial charge on any atom is 0.264 e. The van der Waals surface area contributed by atoms with E-state index in [0.717, 1.165) is 5.56 Å². The first kappa shape index (κ1) is 18.5. The number of fused-ring (bicyclic) bond motifs is 1. The highest BCUT2D eigenvalue weighted by atomic mass is 35.5. The largest absolute Gasteiger partial charge is 0.458 e. The molecule has 0 unspecified atom stereocenters. The molecule has 0 spiro atoms. The number of aryl methyl sites for hydroxylation is 1. The van der Waals surface area contributed by atoms with Crippen LogP contribution in [0.25, 0.3) is 0 Å². The predicted octanol–water partition coefficient (Wildman–Crippen LogP) is 4.25. The fourth-order valence-corrected chi connectivity index (χ4v) is 3.69. The van der Waals surface area contributed by atoms with Crippen LogP contribution in [0.4, 0.5) is 5.69 Å². The number of benzene rings is 2. The zero-order valence-electron chi connectivity index (χ0n) is 15.2. The number of nitrogens with zero attached hydrogens (tertiary/aromatic N) is 1. The fourth-order valence-electron chi connectivity index (χ4n) is 3.52. The third kappa shape index (κ3) is 3.13. The van der Waals surface area contributed by atoms with Crippen LogP contribution in [0.2, 0.25) is 5.02 Å². The smallest absolute Gasteiger partial charge is 0.264 e. The van der Waals surface area contributed by atoms with Crippen LogP contribution in [0.3, 0.4) is 0 Å². The van der Waals surface area contributed by atoms with Gasteiger partial charge in [0, 0.05) is 10.6 Å². The Balaban J connectivity index is 1.72. The summed E-state index contributed by atoms with van der Waals surface area (Å²) in [6, 6.07) is 17.6. The van der Waals surface area contributed by atoms with Crippen LogP contribution < -0.4 is 4.90 Å². The average molecular weight is 396 g/mol. The van der Waals surface area contributed by atoms with Gasteiger partial charge in [-0.15, -0.1) is 0 Å². The van der Waals surface area contributed by atoms with Gasteiger partial charge in [0.1, 0.15) is 5.76 Å². The molecular weight excluding hydrogens is 378 g/mol. The number of amides is 1. The van der Waals surface area contributed by atoms with Gasteiger partial charge < -0.3 is 14.4 Å². The number of furan rings is 1. The number of hydrogen-bond donors (Lipinski definition) is 1. The molecule has 6 heteroatoms. The van der Waals surface area contributed by atoms with Crippen molar-refractivity contribution in [2.75, 3.05) is 4.90 Å². The van der Waals surface area contributed by atoms with Gasteiger partial charge in [-0.2, -0.15) is 0 Å². The third-order valence-electron chi connectivity index (χ3n) is 4.91. The first-order valence-corrected chi connectivity index (χ1v) is 9.24. The maximum atomic E-state index is 13.2. The van der Waals surface area contributed by atoms with E-state index in [1.165, 1.54) is 4.90 Å². The average Bonchev–Trinajstić information content (AvgIpc) is 3.19. The van der Waals surface area contributed by atoms with E-state index in [1.54, 1.807) is 37.3 Å². The lowest BCUT2D eigenvalue weighted by molar-refractivity contribution is -0.136. The van der Waals surface area contributed by atoms with E-state index in [-0.39, 0.29) is 12.3 Å². The minimum Gasteiger partial charge on any atom is -0.458 e. The number of Topliss-reactive ketones (excluding diaryl/α,β-unsaturated/α-hetero) is 1. The first-order chi connectivity index (χ1) is 13.4. The molecule has 4 rings (SSSR count). The summed E-state index contributed by atoms with van der Waals surface area (Å²) < 4.78 is 5.36. The van der Waals surface area contributed by atoms with Crippen LogP contribution >= 0.6 is 11.6 Å². The summed E-state index contributed by atoms with van der Waals surface area (Å²) in [4.78, 5) is 27.4. The number of hydrogen-bond acceptors (Lipinski definition) is 4. The molecule has 5 nitrogen and oxygen atoms in total. The standard InChI is InChI=1S/C22H18ClNO4/c1-14-7-10-20(28-14)19(25)12-22(27)17-11-16(23)8-9-18(17)24(21(22)26)13-15-5-3-2-4-6-15/h2-11,27H,12-13H2,1H3/t22-/m0/s1. The number of aliphatic hydroxyl groups is 1. The Hall–Kier alpha value is -2.89. The Morgan fingerprint density at radius 3 is 2.57 bits per heavy atom. The van der Waals surface area contributed by atoms with Crippen LogP contribution in [0.5, 0.6) is 0 Å². The van der Waals surface area contributed by atoms with Gasteiger partial charge in [0.05, 0.1) is 18.7 Å². The summed E-state index contributed by atoms with van der Waals surface area (Å²) in [7, 11) is 0. The second-order valence-electron chi connectivity index (χ2n) is 6.91. The minimum absolute atomic E-state index is 0.115. The molecule has 1 amide bonds. The number of carbonyl (C=O) groups excluding carboxylic acids is 2. The zero-order chi connectivity index (χ0) is 19.9. The van der Waals surface area contributed by atoms with Crippen molar-refractivity contribution in [3.63, 3.8) is 0 Å². The minimum atomic E-state index is -1.99. The number of ketones is 1. The summed E-state index contributed by atoms with van der Waals surface area (Å²) in [6.45, 7) is 2.01. The molecule has 142 valence electrons. The van der Waals surface area contributed by atoms with Crippen molar-refractivity contribution >= 4 is 29.0 Å². The van der Waals surface area contributed by atoms with Gasteiger partial charge in [0.15, 0.2) is 11.4 Å². The van der Waals surface area contributed by atoms with Crippen LogP contribution in [-0.2, 0) is 16.9 Å². The van der Waals surface area contributed by atoms with E-state index in [9.17, 15) is 14.7 Å². The highest BCUT2D eigenvalue weighted by Crippen LogP contribution is 2.44. The van der Waals surface area contributed by atoms with Crippen LogP contribution in [0, 0.1) is 6.92 Å². The normalized spacial score (nSPS) is 18.4. The fraction of sp³-hybridized carbons (Fsp3) is 0.182. The molecule has 0 saturated carbocycles. The predicted molar refractivity (Wildman–Crippen MR) is 105 cm³/mol. The van der Waals surface area contributed by atoms with Gasteiger partial charge in [-0.1, -0.05) is 41.9 Å². The Kier molecular flexibility index (Phi) is 4.57. The van der Waals surface area contributed by atoms with Crippen molar-refractivity contribution in [2.24, 2.45) is 0 Å². The van der Waals surface area contributed by atoms with Gasteiger partial charge in [-0.3, -0.25) is 9.59 Å². The Bertz CT molecular complexity index is 1060. The summed E-state index contributed by atoms with van der Waals surface area (Å²) in [5, 5.41) is 11.7. The first-order valence-electron chi connectivity index (χ1n) is 8.86. The van der Waals surface area contributed by atoms with E-state index in [0.29, 0.717) is 22.0 Å². The second kappa shape index (κ2) is 6.93. The lowest BCUT2D eigenvalue weighted by atomic mass is 9.89. The van der Waals surface area contributed by atoms with E-state index < -0.39 is 23.7 Å². The van der Waals surface area contributed by atoms with E-state index in [4.69, 9.17) is 16.0 Å². The molecule has 3 aromatic rings. The van der Waals surface area contributed by atoms with Gasteiger partial charge in [0.2, 0.25) is 5.78 Å². The highest BCUT2D eigenvalue weighted by molar-refractivity contribution is 6.31. The van der Waals surface area contributed by atoms with Gasteiger partial charge in [0.25, 0.3) is 5.91 Å². The maximum absolute atomic E-state index is 13.2. The second-order valence-corrected chi connectivity index (χ2v) is 7.35. The molecule has 0 aliphatic carbocycles. The van der Waals surface area contributed by atoms with Crippen LogP contribution in [0.15, 0.2) is 65.1 Å². The molecule has 0 radical (unpaired) electrons. The molecule has 2 heterocycles. The molecule has 1 atom stereocenters. The Labute approximate surface area is 167 Å².